The summed E-state index contributed by atoms with van der Waals surface area (Å²) in [7, 11) is 0. The van der Waals surface area contributed by atoms with Crippen molar-refractivity contribution in [2.45, 2.75) is 51.6 Å². The van der Waals surface area contributed by atoms with Crippen molar-refractivity contribution in [2.24, 2.45) is 5.73 Å². The molecule has 0 radical (unpaired) electrons. The first-order chi connectivity index (χ1) is 11.8. The number of aryl methyl sites for hydroxylation is 1. The molecule has 2 rings (SSSR count). The van der Waals surface area contributed by atoms with Gasteiger partial charge in [0, 0.05) is 17.8 Å². The van der Waals surface area contributed by atoms with Crippen molar-refractivity contribution in [1.82, 2.24) is 10.3 Å². The summed E-state index contributed by atoms with van der Waals surface area (Å²) in [5.41, 5.74) is 7.74. The molecule has 0 bridgehead atoms. The van der Waals surface area contributed by atoms with Crippen LogP contribution < -0.4 is 11.1 Å². The van der Waals surface area contributed by atoms with Crippen LogP contribution in [0.25, 0.3) is 0 Å². The van der Waals surface area contributed by atoms with Crippen molar-refractivity contribution in [2.75, 3.05) is 0 Å². The molecule has 1 aromatic carbocycles. The number of rotatable bonds is 6. The molecule has 1 aromatic heterocycles. The molecule has 150 valence electrons. The lowest BCUT2D eigenvalue weighted by atomic mass is 9.99. The number of carbonyl (C=O) groups is 1. The van der Waals surface area contributed by atoms with Gasteiger partial charge in [-0.3, -0.25) is 9.78 Å². The maximum atomic E-state index is 13.7. The van der Waals surface area contributed by atoms with Crippen molar-refractivity contribution in [3.63, 3.8) is 0 Å². The lowest BCUT2D eigenvalue weighted by Gasteiger charge is -2.21. The minimum absolute atomic E-state index is 0. The molecular formula is C20H28Cl2FN3O. The van der Waals surface area contributed by atoms with Crippen molar-refractivity contribution in [1.29, 1.82) is 0 Å². The molecule has 1 atom stereocenters. The number of hydrogen-bond acceptors (Lipinski definition) is 3. The Morgan fingerprint density at radius 3 is 2.48 bits per heavy atom. The second kappa shape index (κ2) is 11.2. The molecule has 27 heavy (non-hydrogen) atoms. The molecule has 0 saturated carbocycles. The van der Waals surface area contributed by atoms with Crippen LogP contribution in [-0.2, 0) is 12.8 Å². The van der Waals surface area contributed by atoms with Crippen LogP contribution in [0.1, 0.15) is 48.8 Å². The van der Waals surface area contributed by atoms with E-state index in [2.05, 4.69) is 10.3 Å². The highest BCUT2D eigenvalue weighted by Crippen LogP contribution is 2.14. The minimum atomic E-state index is -0.314. The fourth-order valence-electron chi connectivity index (χ4n) is 2.62. The van der Waals surface area contributed by atoms with E-state index in [-0.39, 0.29) is 48.1 Å². The molecule has 3 N–H and O–H groups in total. The quantitative estimate of drug-likeness (QED) is 0.745. The standard InChI is InChI=1S/C20H26FN3O.2ClH/c1-20(2,3)24-19(25)16-8-6-12-23-18(16)11-10-15(22)13-14-7-4-5-9-17(14)21;;/h4-9,12,15H,10-11,13,22H2,1-3H3,(H,24,25);2*1H/t15-;;/m0../s1. The van der Waals surface area contributed by atoms with Gasteiger partial charge >= 0.3 is 0 Å². The van der Waals surface area contributed by atoms with Gasteiger partial charge in [-0.05, 0) is 63.8 Å². The molecular weight excluding hydrogens is 388 g/mol. The van der Waals surface area contributed by atoms with Gasteiger partial charge in [-0.25, -0.2) is 4.39 Å². The van der Waals surface area contributed by atoms with Crippen LogP contribution in [-0.4, -0.2) is 22.5 Å². The number of benzene rings is 1. The molecule has 1 amide bonds. The average molecular weight is 416 g/mol. The summed E-state index contributed by atoms with van der Waals surface area (Å²) < 4.78 is 13.7. The van der Waals surface area contributed by atoms with Gasteiger partial charge in [0.05, 0.1) is 11.3 Å². The van der Waals surface area contributed by atoms with Crippen molar-refractivity contribution in [3.05, 3.63) is 65.2 Å². The Labute approximate surface area is 173 Å². The second-order valence-corrected chi connectivity index (χ2v) is 7.30. The highest BCUT2D eigenvalue weighted by molar-refractivity contribution is 5.95. The topological polar surface area (TPSA) is 68.0 Å². The Kier molecular flexibility index (Phi) is 10.5. The summed E-state index contributed by atoms with van der Waals surface area (Å²) in [5, 5.41) is 2.95. The lowest BCUT2D eigenvalue weighted by Crippen LogP contribution is -2.41. The van der Waals surface area contributed by atoms with Crippen molar-refractivity contribution >= 4 is 30.7 Å². The van der Waals surface area contributed by atoms with E-state index in [4.69, 9.17) is 5.73 Å². The molecule has 4 nitrogen and oxygen atoms in total. The van der Waals surface area contributed by atoms with E-state index in [1.54, 1.807) is 36.5 Å². The SMILES string of the molecule is CC(C)(C)NC(=O)c1cccnc1CC[C@H](N)Cc1ccccc1F.Cl.Cl. The number of halogens is 3. The second-order valence-electron chi connectivity index (χ2n) is 7.30. The Balaban J connectivity index is 0.00000338. The number of nitrogens with one attached hydrogen (secondary N) is 1. The highest BCUT2D eigenvalue weighted by atomic mass is 35.5. The Morgan fingerprint density at radius 1 is 1.19 bits per heavy atom. The van der Waals surface area contributed by atoms with Crippen LogP contribution in [0.3, 0.4) is 0 Å². The van der Waals surface area contributed by atoms with Crippen LogP contribution in [0.4, 0.5) is 4.39 Å². The summed E-state index contributed by atoms with van der Waals surface area (Å²) in [6.07, 6.45) is 3.33. The van der Waals surface area contributed by atoms with E-state index in [1.807, 2.05) is 20.8 Å². The van der Waals surface area contributed by atoms with Gasteiger partial charge in [-0.15, -0.1) is 24.8 Å². The van der Waals surface area contributed by atoms with Crippen LogP contribution in [0.5, 0.6) is 0 Å². The number of aromatic nitrogens is 1. The molecule has 0 saturated heterocycles. The zero-order valence-electron chi connectivity index (χ0n) is 15.9. The fraction of sp³-hybridized carbons (Fsp3) is 0.400. The third kappa shape index (κ3) is 8.24. The normalized spacial score (nSPS) is 11.7. The summed E-state index contributed by atoms with van der Waals surface area (Å²) in [6.45, 7) is 5.81. The van der Waals surface area contributed by atoms with Crippen LogP contribution in [0.2, 0.25) is 0 Å². The third-order valence-electron chi connectivity index (χ3n) is 3.82. The van der Waals surface area contributed by atoms with E-state index >= 15 is 0 Å². The van der Waals surface area contributed by atoms with Gasteiger partial charge in [0.25, 0.3) is 5.91 Å². The molecule has 0 fully saturated rings. The first-order valence-corrected chi connectivity index (χ1v) is 8.51. The molecule has 1 heterocycles. The van der Waals surface area contributed by atoms with Crippen LogP contribution in [0.15, 0.2) is 42.6 Å². The van der Waals surface area contributed by atoms with E-state index in [0.29, 0.717) is 36.1 Å². The maximum Gasteiger partial charge on any atom is 0.253 e. The molecule has 0 aliphatic rings. The molecule has 7 heteroatoms. The fourth-order valence-corrected chi connectivity index (χ4v) is 2.62. The van der Waals surface area contributed by atoms with E-state index in [1.165, 1.54) is 6.07 Å². The third-order valence-corrected chi connectivity index (χ3v) is 3.82. The molecule has 0 unspecified atom stereocenters. The van der Waals surface area contributed by atoms with Gasteiger partial charge in [-0.1, -0.05) is 18.2 Å². The summed E-state index contributed by atoms with van der Waals surface area (Å²) in [4.78, 5) is 16.8. The van der Waals surface area contributed by atoms with Gasteiger partial charge in [0.1, 0.15) is 5.82 Å². The van der Waals surface area contributed by atoms with Crippen LogP contribution in [0, 0.1) is 5.82 Å². The number of nitrogens with zero attached hydrogens (tertiary/aromatic N) is 1. The monoisotopic (exact) mass is 415 g/mol. The summed E-state index contributed by atoms with van der Waals surface area (Å²) in [6, 6.07) is 9.98. The average Bonchev–Trinajstić information content (AvgIpc) is 2.54. The molecule has 2 aromatic rings. The first kappa shape index (κ1) is 25.3. The van der Waals surface area contributed by atoms with Gasteiger partial charge < -0.3 is 11.1 Å². The highest BCUT2D eigenvalue weighted by Gasteiger charge is 2.19. The molecule has 0 aliphatic carbocycles. The minimum Gasteiger partial charge on any atom is -0.347 e. The predicted molar refractivity (Wildman–Crippen MR) is 112 cm³/mol. The van der Waals surface area contributed by atoms with Gasteiger partial charge in [0.15, 0.2) is 0 Å². The number of carbonyl (C=O) groups excluding carboxylic acids is 1. The van der Waals surface area contributed by atoms with Crippen molar-refractivity contribution < 1.29 is 9.18 Å². The number of pyridine rings is 1. The molecule has 0 aliphatic heterocycles. The van der Waals surface area contributed by atoms with Crippen molar-refractivity contribution in [3.8, 4) is 0 Å². The summed E-state index contributed by atoms with van der Waals surface area (Å²) in [5.74, 6) is -0.376. The Hall–Kier alpha value is -1.69. The Morgan fingerprint density at radius 2 is 1.85 bits per heavy atom. The largest absolute Gasteiger partial charge is 0.347 e. The Bertz CT molecular complexity index is 735. The predicted octanol–water partition coefficient (Wildman–Crippen LogP) is 4.10. The molecule has 0 spiro atoms. The maximum absolute atomic E-state index is 13.7. The lowest BCUT2D eigenvalue weighted by molar-refractivity contribution is 0.0918. The smallest absolute Gasteiger partial charge is 0.253 e. The van der Waals surface area contributed by atoms with Gasteiger partial charge in [0.2, 0.25) is 0 Å². The van der Waals surface area contributed by atoms with Gasteiger partial charge in [-0.2, -0.15) is 0 Å². The first-order valence-electron chi connectivity index (χ1n) is 8.51. The number of nitrogens with two attached hydrogens (primary N) is 1. The zero-order valence-corrected chi connectivity index (χ0v) is 17.5. The zero-order chi connectivity index (χ0) is 18.4. The van der Waals surface area contributed by atoms with E-state index in [0.717, 1.165) is 0 Å². The number of hydrogen-bond donors (Lipinski definition) is 2. The van der Waals surface area contributed by atoms with E-state index < -0.39 is 0 Å². The van der Waals surface area contributed by atoms with Crippen LogP contribution >= 0.6 is 24.8 Å². The number of amides is 1. The summed E-state index contributed by atoms with van der Waals surface area (Å²) >= 11 is 0. The van der Waals surface area contributed by atoms with E-state index in [9.17, 15) is 9.18 Å².